The summed E-state index contributed by atoms with van der Waals surface area (Å²) in [5.74, 6) is 2.68. The molecule has 0 unspecified atom stereocenters. The minimum Gasteiger partial charge on any atom is -0.497 e. The lowest BCUT2D eigenvalue weighted by Gasteiger charge is -2.26. The van der Waals surface area contributed by atoms with Crippen LogP contribution in [0.25, 0.3) is 0 Å². The van der Waals surface area contributed by atoms with Gasteiger partial charge in [0, 0.05) is 13.1 Å². The number of hydrogen-bond acceptors (Lipinski definition) is 4. The quantitative estimate of drug-likeness (QED) is 0.159. The van der Waals surface area contributed by atoms with Crippen LogP contribution in [0.15, 0.2) is 71.7 Å². The fourth-order valence-electron chi connectivity index (χ4n) is 3.45. The van der Waals surface area contributed by atoms with Crippen molar-refractivity contribution in [2.24, 2.45) is 4.99 Å². The van der Waals surface area contributed by atoms with E-state index in [4.69, 9.17) is 14.5 Å². The number of amidine groups is 1. The Morgan fingerprint density at radius 1 is 0.818 bits per heavy atom. The maximum atomic E-state index is 5.33. The van der Waals surface area contributed by atoms with Crippen LogP contribution in [0.5, 0.6) is 11.5 Å². The van der Waals surface area contributed by atoms with E-state index in [1.807, 2.05) is 24.3 Å². The van der Waals surface area contributed by atoms with E-state index in [1.54, 1.807) is 26.0 Å². The van der Waals surface area contributed by atoms with Crippen LogP contribution in [0.3, 0.4) is 0 Å². The predicted molar refractivity (Wildman–Crippen MR) is 152 cm³/mol. The Kier molecular flexibility index (Phi) is 11.1. The Bertz CT molecular complexity index is 987. The van der Waals surface area contributed by atoms with Crippen molar-refractivity contribution < 1.29 is 9.47 Å². The van der Waals surface area contributed by atoms with Gasteiger partial charge in [-0.05, 0) is 66.6 Å². The van der Waals surface area contributed by atoms with E-state index in [2.05, 4.69) is 68.1 Å². The molecule has 3 rings (SSSR count). The Morgan fingerprint density at radius 2 is 1.33 bits per heavy atom. The summed E-state index contributed by atoms with van der Waals surface area (Å²) in [6.45, 7) is 7.92. The molecule has 0 fully saturated rings. The van der Waals surface area contributed by atoms with E-state index in [9.17, 15) is 0 Å². The highest BCUT2D eigenvalue weighted by molar-refractivity contribution is 14.0. The van der Waals surface area contributed by atoms with Crippen LogP contribution in [0.2, 0.25) is 0 Å². The van der Waals surface area contributed by atoms with Gasteiger partial charge in [-0.25, -0.2) is 4.99 Å². The lowest BCUT2D eigenvalue weighted by molar-refractivity contribution is 0.405. The standard InChI is InChI=1S/C27H32N2O2S.HI/c1-6-32-27(28-26-16-7-20(2)17-21(26)3)29(18-22-8-12-24(30-4)13-9-22)19-23-10-14-25(31-5)15-11-23;/h7-17H,6,18-19H2,1-5H3;1H. The smallest absolute Gasteiger partial charge is 0.164 e. The first-order valence-corrected chi connectivity index (χ1v) is 11.8. The van der Waals surface area contributed by atoms with Gasteiger partial charge in [-0.3, -0.25) is 0 Å². The van der Waals surface area contributed by atoms with Gasteiger partial charge in [0.15, 0.2) is 5.17 Å². The highest BCUT2D eigenvalue weighted by atomic mass is 127. The number of aliphatic imine (C=N–C) groups is 1. The van der Waals surface area contributed by atoms with E-state index in [0.29, 0.717) is 0 Å². The van der Waals surface area contributed by atoms with E-state index >= 15 is 0 Å². The molecular formula is C27H33IN2O2S. The van der Waals surface area contributed by atoms with Crippen LogP contribution in [-0.4, -0.2) is 30.0 Å². The SMILES string of the molecule is CCSC(=Nc1ccc(C)cc1C)N(Cc1ccc(OC)cc1)Cc1ccc(OC)cc1.I. The average molecular weight is 577 g/mol. The van der Waals surface area contributed by atoms with Crippen LogP contribution in [-0.2, 0) is 13.1 Å². The van der Waals surface area contributed by atoms with Crippen LogP contribution in [0.1, 0.15) is 29.2 Å². The van der Waals surface area contributed by atoms with Crippen molar-refractivity contribution in [3.63, 3.8) is 0 Å². The zero-order valence-corrected chi connectivity index (χ0v) is 23.1. The molecule has 0 radical (unpaired) electrons. The monoisotopic (exact) mass is 576 g/mol. The molecule has 0 atom stereocenters. The molecule has 0 bridgehead atoms. The molecule has 0 aliphatic rings. The molecular weight excluding hydrogens is 543 g/mol. The second kappa shape index (κ2) is 13.5. The van der Waals surface area contributed by atoms with Gasteiger partial charge in [0.05, 0.1) is 19.9 Å². The predicted octanol–water partition coefficient (Wildman–Crippen LogP) is 7.38. The first-order valence-electron chi connectivity index (χ1n) is 10.8. The lowest BCUT2D eigenvalue weighted by Crippen LogP contribution is -2.28. The van der Waals surface area contributed by atoms with E-state index in [0.717, 1.165) is 41.2 Å². The summed E-state index contributed by atoms with van der Waals surface area (Å²) in [7, 11) is 3.38. The largest absolute Gasteiger partial charge is 0.497 e. The lowest BCUT2D eigenvalue weighted by atomic mass is 10.1. The van der Waals surface area contributed by atoms with Crippen molar-refractivity contribution in [3.8, 4) is 11.5 Å². The van der Waals surface area contributed by atoms with Gasteiger partial charge in [0.2, 0.25) is 0 Å². The Morgan fingerprint density at radius 3 is 1.76 bits per heavy atom. The number of thioether (sulfide) groups is 1. The number of halogens is 1. The molecule has 6 heteroatoms. The van der Waals surface area contributed by atoms with Crippen molar-refractivity contribution in [1.82, 2.24) is 4.90 Å². The van der Waals surface area contributed by atoms with Gasteiger partial charge in [0.1, 0.15) is 11.5 Å². The van der Waals surface area contributed by atoms with Crippen molar-refractivity contribution in [1.29, 1.82) is 0 Å². The van der Waals surface area contributed by atoms with Gasteiger partial charge in [-0.2, -0.15) is 0 Å². The van der Waals surface area contributed by atoms with E-state index in [-0.39, 0.29) is 24.0 Å². The molecule has 0 aromatic heterocycles. The number of benzene rings is 3. The molecule has 0 N–H and O–H groups in total. The summed E-state index contributed by atoms with van der Waals surface area (Å²) in [6.07, 6.45) is 0. The van der Waals surface area contributed by atoms with Crippen molar-refractivity contribution in [3.05, 3.63) is 89.0 Å². The summed E-state index contributed by atoms with van der Waals surface area (Å²) in [4.78, 5) is 7.45. The van der Waals surface area contributed by atoms with E-state index < -0.39 is 0 Å². The minimum atomic E-state index is 0. The van der Waals surface area contributed by atoms with Crippen molar-refractivity contribution in [2.45, 2.75) is 33.9 Å². The highest BCUT2D eigenvalue weighted by Crippen LogP contribution is 2.25. The third-order valence-electron chi connectivity index (χ3n) is 5.18. The van der Waals surface area contributed by atoms with Crippen LogP contribution < -0.4 is 9.47 Å². The normalized spacial score (nSPS) is 11.0. The highest BCUT2D eigenvalue weighted by Gasteiger charge is 2.15. The number of hydrogen-bond donors (Lipinski definition) is 0. The molecule has 33 heavy (non-hydrogen) atoms. The van der Waals surface area contributed by atoms with Crippen LogP contribution in [0, 0.1) is 13.8 Å². The number of nitrogens with zero attached hydrogens (tertiary/aromatic N) is 2. The molecule has 0 heterocycles. The fraction of sp³-hybridized carbons (Fsp3) is 0.296. The van der Waals surface area contributed by atoms with Gasteiger partial charge in [-0.15, -0.1) is 24.0 Å². The third-order valence-corrected chi connectivity index (χ3v) is 6.07. The van der Waals surface area contributed by atoms with Gasteiger partial charge in [0.25, 0.3) is 0 Å². The molecule has 0 spiro atoms. The van der Waals surface area contributed by atoms with Gasteiger partial charge in [-0.1, -0.05) is 60.6 Å². The minimum absolute atomic E-state index is 0. The van der Waals surface area contributed by atoms with Crippen LogP contribution in [0.4, 0.5) is 5.69 Å². The third kappa shape index (κ3) is 7.96. The molecule has 0 saturated carbocycles. The summed E-state index contributed by atoms with van der Waals surface area (Å²) < 4.78 is 10.7. The molecule has 0 saturated heterocycles. The molecule has 3 aromatic rings. The fourth-order valence-corrected chi connectivity index (χ4v) is 4.18. The molecule has 4 nitrogen and oxygen atoms in total. The Labute approximate surface area is 219 Å². The topological polar surface area (TPSA) is 34.1 Å². The second-order valence-electron chi connectivity index (χ2n) is 7.67. The van der Waals surface area contributed by atoms with E-state index in [1.165, 1.54) is 22.3 Å². The second-order valence-corrected chi connectivity index (χ2v) is 8.90. The maximum Gasteiger partial charge on any atom is 0.164 e. The average Bonchev–Trinajstić information content (AvgIpc) is 2.81. The first kappa shape index (κ1) is 27.1. The summed E-state index contributed by atoms with van der Waals surface area (Å²) >= 11 is 1.77. The van der Waals surface area contributed by atoms with Crippen LogP contribution >= 0.6 is 35.7 Å². The van der Waals surface area contributed by atoms with Crippen molar-refractivity contribution in [2.75, 3.05) is 20.0 Å². The molecule has 3 aromatic carbocycles. The summed E-state index contributed by atoms with van der Waals surface area (Å²) in [6, 6.07) is 22.9. The molecule has 0 aliphatic carbocycles. The number of aryl methyl sites for hydroxylation is 2. The molecule has 176 valence electrons. The summed E-state index contributed by atoms with van der Waals surface area (Å²) in [5, 5.41) is 1.02. The molecule has 0 amide bonds. The number of ether oxygens (including phenoxy) is 2. The van der Waals surface area contributed by atoms with Gasteiger partial charge < -0.3 is 14.4 Å². The number of methoxy groups -OCH3 is 2. The summed E-state index contributed by atoms with van der Waals surface area (Å²) in [5.41, 5.74) is 5.88. The molecule has 0 aliphatic heterocycles. The zero-order chi connectivity index (χ0) is 22.9. The number of rotatable bonds is 8. The zero-order valence-electron chi connectivity index (χ0n) is 20.0. The van der Waals surface area contributed by atoms with Gasteiger partial charge >= 0.3 is 0 Å². The maximum absolute atomic E-state index is 5.33. The Balaban J connectivity index is 0.00000385. The first-order chi connectivity index (χ1) is 15.5. The van der Waals surface area contributed by atoms with Crippen molar-refractivity contribution >= 4 is 46.6 Å². The Hall–Kier alpha value is -2.19.